The van der Waals surface area contributed by atoms with Gasteiger partial charge in [0.15, 0.2) is 11.5 Å². The summed E-state index contributed by atoms with van der Waals surface area (Å²) in [4.78, 5) is 5.89. The molecule has 0 unspecified atom stereocenters. The predicted octanol–water partition coefficient (Wildman–Crippen LogP) is 4.18. The number of nitrogens with one attached hydrogen (secondary N) is 1. The highest BCUT2D eigenvalue weighted by molar-refractivity contribution is 5.85. The van der Waals surface area contributed by atoms with Crippen molar-refractivity contribution in [2.45, 2.75) is 18.9 Å². The monoisotopic (exact) mass is 366 g/mol. The van der Waals surface area contributed by atoms with Gasteiger partial charge < -0.3 is 19.2 Å². The zero-order chi connectivity index (χ0) is 18.8. The average molecular weight is 366 g/mol. The van der Waals surface area contributed by atoms with Crippen LogP contribution in [0.15, 0.2) is 42.6 Å². The number of aromatic nitrogens is 1. The minimum atomic E-state index is 0.516. The van der Waals surface area contributed by atoms with E-state index in [0.29, 0.717) is 5.92 Å². The topological polar surface area (TPSA) is 46.7 Å². The molecule has 0 saturated carbocycles. The number of nitrogens with zero attached hydrogens (tertiary/aromatic N) is 1. The zero-order valence-electron chi connectivity index (χ0n) is 16.1. The van der Waals surface area contributed by atoms with E-state index in [1.54, 1.807) is 21.3 Å². The van der Waals surface area contributed by atoms with E-state index in [0.717, 1.165) is 48.9 Å². The van der Waals surface area contributed by atoms with Crippen molar-refractivity contribution in [2.24, 2.45) is 0 Å². The van der Waals surface area contributed by atoms with Crippen LogP contribution in [0, 0.1) is 0 Å². The molecule has 0 aliphatic carbocycles. The number of rotatable bonds is 6. The minimum absolute atomic E-state index is 0.516. The number of fused-ring (bicyclic) bond motifs is 1. The summed E-state index contributed by atoms with van der Waals surface area (Å²) in [6, 6.07) is 12.3. The van der Waals surface area contributed by atoms with Gasteiger partial charge in [0.1, 0.15) is 5.75 Å². The van der Waals surface area contributed by atoms with E-state index in [-0.39, 0.29) is 0 Å². The molecule has 0 spiro atoms. The van der Waals surface area contributed by atoms with E-state index in [2.05, 4.69) is 34.3 Å². The molecule has 5 heteroatoms. The van der Waals surface area contributed by atoms with E-state index in [9.17, 15) is 0 Å². The van der Waals surface area contributed by atoms with Crippen molar-refractivity contribution >= 4 is 10.9 Å². The lowest BCUT2D eigenvalue weighted by atomic mass is 9.98. The molecule has 0 radical (unpaired) electrons. The summed E-state index contributed by atoms with van der Waals surface area (Å²) in [5, 5.41) is 1.26. The minimum Gasteiger partial charge on any atom is -0.497 e. The maximum absolute atomic E-state index is 5.59. The Kier molecular flexibility index (Phi) is 4.94. The van der Waals surface area contributed by atoms with Gasteiger partial charge in [-0.1, -0.05) is 12.1 Å². The molecule has 3 aromatic rings. The first-order valence-corrected chi connectivity index (χ1v) is 9.30. The van der Waals surface area contributed by atoms with Gasteiger partial charge in [-0.05, 0) is 48.7 Å². The van der Waals surface area contributed by atoms with Crippen LogP contribution in [0.3, 0.4) is 0 Å². The summed E-state index contributed by atoms with van der Waals surface area (Å²) in [5.41, 5.74) is 3.71. The van der Waals surface area contributed by atoms with Crippen LogP contribution in [0.4, 0.5) is 0 Å². The third-order valence-electron chi connectivity index (χ3n) is 5.51. The summed E-state index contributed by atoms with van der Waals surface area (Å²) in [5.74, 6) is 3.04. The molecule has 2 heterocycles. The third kappa shape index (κ3) is 3.35. The molecule has 4 rings (SSSR count). The maximum atomic E-state index is 5.59. The van der Waals surface area contributed by atoms with Crippen molar-refractivity contribution in [3.05, 3.63) is 53.7 Å². The molecule has 1 atom stereocenters. The van der Waals surface area contributed by atoms with Crippen molar-refractivity contribution in [3.63, 3.8) is 0 Å². The number of likely N-dealkylation sites (tertiary alicyclic amines) is 1. The second-order valence-electron chi connectivity index (χ2n) is 7.03. The van der Waals surface area contributed by atoms with E-state index >= 15 is 0 Å². The number of methoxy groups -OCH3 is 3. The van der Waals surface area contributed by atoms with E-state index in [1.165, 1.54) is 16.5 Å². The quantitative estimate of drug-likeness (QED) is 0.711. The van der Waals surface area contributed by atoms with Crippen molar-refractivity contribution < 1.29 is 14.2 Å². The molecule has 1 fully saturated rings. The molecule has 5 nitrogen and oxygen atoms in total. The first-order chi connectivity index (χ1) is 13.2. The zero-order valence-corrected chi connectivity index (χ0v) is 16.1. The average Bonchev–Trinajstić information content (AvgIpc) is 3.33. The van der Waals surface area contributed by atoms with Crippen LogP contribution in [-0.4, -0.2) is 44.3 Å². The Morgan fingerprint density at radius 2 is 1.96 bits per heavy atom. The SMILES string of the molecule is COc1ccc2[nH]cc([C@@H]3CCN(Cc4cccc(OC)c4OC)C3)c2c1. The van der Waals surface area contributed by atoms with Crippen LogP contribution in [0.25, 0.3) is 10.9 Å². The fraction of sp³-hybridized carbons (Fsp3) is 0.364. The fourth-order valence-corrected chi connectivity index (χ4v) is 4.14. The molecule has 1 aliphatic heterocycles. The van der Waals surface area contributed by atoms with Gasteiger partial charge >= 0.3 is 0 Å². The van der Waals surface area contributed by atoms with Gasteiger partial charge in [0.25, 0.3) is 0 Å². The number of ether oxygens (including phenoxy) is 3. The van der Waals surface area contributed by atoms with E-state index < -0.39 is 0 Å². The van der Waals surface area contributed by atoms with Gasteiger partial charge in [-0.25, -0.2) is 0 Å². The molecule has 1 aliphatic rings. The number of hydrogen-bond donors (Lipinski definition) is 1. The normalized spacial score (nSPS) is 17.4. The summed E-state index contributed by atoms with van der Waals surface area (Å²) in [7, 11) is 5.10. The number of H-pyrrole nitrogens is 1. The summed E-state index contributed by atoms with van der Waals surface area (Å²) >= 11 is 0. The first kappa shape index (κ1) is 17.7. The summed E-state index contributed by atoms with van der Waals surface area (Å²) in [6.07, 6.45) is 3.31. The Bertz CT molecular complexity index is 934. The van der Waals surface area contributed by atoms with Gasteiger partial charge in [0.2, 0.25) is 0 Å². The largest absolute Gasteiger partial charge is 0.497 e. The Labute approximate surface area is 159 Å². The summed E-state index contributed by atoms with van der Waals surface area (Å²) < 4.78 is 16.4. The van der Waals surface area contributed by atoms with Crippen molar-refractivity contribution in [1.29, 1.82) is 0 Å². The second kappa shape index (κ2) is 7.53. The van der Waals surface area contributed by atoms with E-state index in [4.69, 9.17) is 14.2 Å². The smallest absolute Gasteiger partial charge is 0.165 e. The van der Waals surface area contributed by atoms with Gasteiger partial charge in [-0.3, -0.25) is 4.90 Å². The Morgan fingerprint density at radius 3 is 2.74 bits per heavy atom. The van der Waals surface area contributed by atoms with Crippen LogP contribution >= 0.6 is 0 Å². The van der Waals surface area contributed by atoms with Crippen LogP contribution in [0.1, 0.15) is 23.5 Å². The van der Waals surface area contributed by atoms with Crippen molar-refractivity contribution in [1.82, 2.24) is 9.88 Å². The van der Waals surface area contributed by atoms with Gasteiger partial charge in [-0.15, -0.1) is 0 Å². The predicted molar refractivity (Wildman–Crippen MR) is 107 cm³/mol. The first-order valence-electron chi connectivity index (χ1n) is 9.30. The molecular formula is C22H26N2O3. The molecule has 1 aromatic heterocycles. The van der Waals surface area contributed by atoms with Crippen LogP contribution < -0.4 is 14.2 Å². The number of aromatic amines is 1. The molecule has 2 aromatic carbocycles. The molecule has 142 valence electrons. The van der Waals surface area contributed by atoms with Gasteiger partial charge in [-0.2, -0.15) is 0 Å². The number of benzene rings is 2. The lowest BCUT2D eigenvalue weighted by molar-refractivity contribution is 0.309. The molecule has 0 bridgehead atoms. The fourth-order valence-electron chi connectivity index (χ4n) is 4.14. The molecular weight excluding hydrogens is 340 g/mol. The summed E-state index contributed by atoms with van der Waals surface area (Å²) in [6.45, 7) is 2.97. The van der Waals surface area contributed by atoms with E-state index in [1.807, 2.05) is 18.2 Å². The van der Waals surface area contributed by atoms with Crippen molar-refractivity contribution in [2.75, 3.05) is 34.4 Å². The van der Waals surface area contributed by atoms with Crippen LogP contribution in [0.2, 0.25) is 0 Å². The van der Waals surface area contributed by atoms with Crippen LogP contribution in [0.5, 0.6) is 17.2 Å². The third-order valence-corrected chi connectivity index (χ3v) is 5.51. The van der Waals surface area contributed by atoms with Gasteiger partial charge in [0, 0.05) is 35.8 Å². The molecule has 0 amide bonds. The Morgan fingerprint density at radius 1 is 1.07 bits per heavy atom. The maximum Gasteiger partial charge on any atom is 0.165 e. The second-order valence-corrected chi connectivity index (χ2v) is 7.03. The standard InChI is InChI=1S/C22H26N2O3/c1-25-17-7-8-20-18(11-17)19(12-23-20)15-9-10-24(13-15)14-16-5-4-6-21(26-2)22(16)27-3/h4-8,11-12,15,23H,9-10,13-14H2,1-3H3/t15-/m1/s1. The highest BCUT2D eigenvalue weighted by Crippen LogP contribution is 2.36. The Balaban J connectivity index is 1.53. The van der Waals surface area contributed by atoms with Crippen LogP contribution in [-0.2, 0) is 6.54 Å². The van der Waals surface area contributed by atoms with Crippen molar-refractivity contribution in [3.8, 4) is 17.2 Å². The molecule has 1 saturated heterocycles. The lowest BCUT2D eigenvalue weighted by Crippen LogP contribution is -2.20. The molecule has 1 N–H and O–H groups in total. The Hall–Kier alpha value is -2.66. The number of hydrogen-bond acceptors (Lipinski definition) is 4. The van der Waals surface area contributed by atoms with Gasteiger partial charge in [0.05, 0.1) is 21.3 Å². The number of para-hydroxylation sites is 1. The highest BCUT2D eigenvalue weighted by Gasteiger charge is 2.27. The lowest BCUT2D eigenvalue weighted by Gasteiger charge is -2.19. The highest BCUT2D eigenvalue weighted by atomic mass is 16.5. The molecule has 27 heavy (non-hydrogen) atoms.